The number of aryl methyl sites for hydroxylation is 1. The second-order valence-electron chi connectivity index (χ2n) is 8.25. The summed E-state index contributed by atoms with van der Waals surface area (Å²) in [6, 6.07) is 16.9. The fourth-order valence-electron chi connectivity index (χ4n) is 4.98. The van der Waals surface area contributed by atoms with Crippen LogP contribution >= 0.6 is 22.9 Å². The molecule has 6 rings (SSSR count). The average Bonchev–Trinajstić information content (AvgIpc) is 3.50. The number of hydrogen-bond acceptors (Lipinski definition) is 4. The summed E-state index contributed by atoms with van der Waals surface area (Å²) in [5.41, 5.74) is 4.80. The number of fused-ring (bicyclic) bond motifs is 3. The molecule has 0 saturated carbocycles. The van der Waals surface area contributed by atoms with E-state index in [9.17, 15) is 0 Å². The zero-order valence-electron chi connectivity index (χ0n) is 16.0. The van der Waals surface area contributed by atoms with Gasteiger partial charge in [-0.3, -0.25) is 14.6 Å². The maximum atomic E-state index is 6.11. The topological polar surface area (TPSA) is 34.0 Å². The van der Waals surface area contributed by atoms with E-state index in [1.165, 1.54) is 23.4 Å². The van der Waals surface area contributed by atoms with Gasteiger partial charge in [-0.15, -0.1) is 11.3 Å². The molecule has 3 aromatic heterocycles. The lowest BCUT2D eigenvalue weighted by atomic mass is 9.82. The van der Waals surface area contributed by atoms with Crippen LogP contribution in [0.15, 0.2) is 54.7 Å². The second kappa shape index (κ2) is 6.66. The summed E-state index contributed by atoms with van der Waals surface area (Å²) >= 11 is 7.81. The summed E-state index contributed by atoms with van der Waals surface area (Å²) in [6.07, 6.45) is 4.34. The highest BCUT2D eigenvalue weighted by Crippen LogP contribution is 2.44. The van der Waals surface area contributed by atoms with Crippen LogP contribution in [0.25, 0.3) is 22.2 Å². The molecule has 146 valence electrons. The molecule has 29 heavy (non-hydrogen) atoms. The maximum absolute atomic E-state index is 6.11. The maximum Gasteiger partial charge on any atom is 0.0941 e. The van der Waals surface area contributed by atoms with Crippen molar-refractivity contribution in [1.29, 1.82) is 0 Å². The van der Waals surface area contributed by atoms with Gasteiger partial charge in [0.2, 0.25) is 0 Å². The minimum atomic E-state index is 0.233. The van der Waals surface area contributed by atoms with E-state index in [1.807, 2.05) is 18.3 Å². The zero-order valence-corrected chi connectivity index (χ0v) is 17.6. The number of benzene rings is 1. The minimum Gasteiger partial charge on any atom is -0.297 e. The molecule has 4 nitrogen and oxygen atoms in total. The molecular formula is C23H21ClN4S. The van der Waals surface area contributed by atoms with Crippen LogP contribution < -0.4 is 0 Å². The molecule has 1 aromatic carbocycles. The number of pyridine rings is 1. The second-order valence-corrected chi connectivity index (χ2v) is 10.1. The Hall–Kier alpha value is -2.21. The first-order valence-electron chi connectivity index (χ1n) is 10.1. The van der Waals surface area contributed by atoms with Gasteiger partial charge in [-0.05, 0) is 49.7 Å². The van der Waals surface area contributed by atoms with Crippen molar-refractivity contribution in [2.24, 2.45) is 0 Å². The van der Waals surface area contributed by atoms with Gasteiger partial charge in [-0.2, -0.15) is 5.10 Å². The summed E-state index contributed by atoms with van der Waals surface area (Å²) in [6.45, 7) is 4.24. The summed E-state index contributed by atoms with van der Waals surface area (Å²) in [5.74, 6) is 0. The van der Waals surface area contributed by atoms with Crippen LogP contribution in [-0.2, 0) is 18.5 Å². The number of likely N-dealkylation sites (tertiary alicyclic amines) is 1. The van der Waals surface area contributed by atoms with Gasteiger partial charge in [-0.25, -0.2) is 0 Å². The molecule has 0 N–H and O–H groups in total. The Labute approximate surface area is 178 Å². The molecule has 0 aliphatic carbocycles. The Morgan fingerprint density at radius 3 is 2.86 bits per heavy atom. The van der Waals surface area contributed by atoms with Crippen molar-refractivity contribution >= 4 is 33.8 Å². The lowest BCUT2D eigenvalue weighted by molar-refractivity contribution is 0.304. The highest BCUT2D eigenvalue weighted by atomic mass is 35.5. The minimum absolute atomic E-state index is 0.233. The van der Waals surface area contributed by atoms with E-state index in [2.05, 4.69) is 51.0 Å². The number of para-hydroxylation sites is 1. The average molecular weight is 421 g/mol. The molecule has 2 aliphatic rings. The Bertz CT molecular complexity index is 1210. The molecule has 5 heterocycles. The third kappa shape index (κ3) is 3.00. The summed E-state index contributed by atoms with van der Waals surface area (Å²) in [4.78, 5) is 8.54. The van der Waals surface area contributed by atoms with Crippen molar-refractivity contribution in [2.75, 3.05) is 13.1 Å². The van der Waals surface area contributed by atoms with E-state index >= 15 is 0 Å². The number of aromatic nitrogens is 3. The van der Waals surface area contributed by atoms with E-state index in [-0.39, 0.29) is 5.41 Å². The van der Waals surface area contributed by atoms with Gasteiger partial charge in [0.15, 0.2) is 0 Å². The van der Waals surface area contributed by atoms with Crippen molar-refractivity contribution in [3.8, 4) is 11.3 Å². The first kappa shape index (κ1) is 17.6. The van der Waals surface area contributed by atoms with Crippen LogP contribution in [0.1, 0.15) is 23.4 Å². The van der Waals surface area contributed by atoms with Crippen molar-refractivity contribution < 1.29 is 0 Å². The van der Waals surface area contributed by atoms with E-state index in [4.69, 9.17) is 16.7 Å². The van der Waals surface area contributed by atoms with Gasteiger partial charge in [0.25, 0.3) is 0 Å². The molecule has 4 aromatic rings. The molecule has 1 spiro atoms. The standard InChI is InChI=1S/C23H21ClN4S/c24-22-6-5-18(29-22)14-27-9-7-23(15-27)8-10-28-21(23)12-20(26-28)17-11-16-3-1-2-4-19(16)25-13-17/h1-6,11-13H,7-10,14-15H2. The lowest BCUT2D eigenvalue weighted by Gasteiger charge is -2.23. The van der Waals surface area contributed by atoms with E-state index in [0.29, 0.717) is 0 Å². The van der Waals surface area contributed by atoms with Crippen LogP contribution in [-0.4, -0.2) is 32.8 Å². The number of rotatable bonds is 3. The molecule has 1 atom stereocenters. The summed E-state index contributed by atoms with van der Waals surface area (Å²) in [7, 11) is 0. The molecule has 1 unspecified atom stereocenters. The zero-order chi connectivity index (χ0) is 19.4. The van der Waals surface area contributed by atoms with Gasteiger partial charge in [0.05, 0.1) is 15.5 Å². The molecular weight excluding hydrogens is 400 g/mol. The van der Waals surface area contributed by atoms with Crippen LogP contribution in [0.5, 0.6) is 0 Å². The summed E-state index contributed by atoms with van der Waals surface area (Å²) in [5, 5.41) is 6.10. The first-order chi connectivity index (χ1) is 14.2. The molecule has 0 amide bonds. The highest BCUT2D eigenvalue weighted by Gasteiger charge is 2.45. The van der Waals surface area contributed by atoms with Gasteiger partial charge in [-0.1, -0.05) is 29.8 Å². The van der Waals surface area contributed by atoms with Crippen LogP contribution in [0.3, 0.4) is 0 Å². The summed E-state index contributed by atoms with van der Waals surface area (Å²) < 4.78 is 3.11. The van der Waals surface area contributed by atoms with Gasteiger partial charge >= 0.3 is 0 Å². The van der Waals surface area contributed by atoms with Crippen molar-refractivity contribution in [3.63, 3.8) is 0 Å². The number of hydrogen-bond donors (Lipinski definition) is 0. The van der Waals surface area contributed by atoms with Crippen LogP contribution in [0.2, 0.25) is 4.34 Å². The molecule has 2 aliphatic heterocycles. The Kier molecular flexibility index (Phi) is 4.05. The van der Waals surface area contributed by atoms with Crippen LogP contribution in [0.4, 0.5) is 0 Å². The predicted octanol–water partition coefficient (Wildman–Crippen LogP) is 5.36. The van der Waals surface area contributed by atoms with E-state index < -0.39 is 0 Å². The molecule has 0 radical (unpaired) electrons. The Balaban J connectivity index is 1.28. The fraction of sp³-hybridized carbons (Fsp3) is 0.304. The third-order valence-corrected chi connectivity index (χ3v) is 7.67. The molecule has 1 fully saturated rings. The van der Waals surface area contributed by atoms with Crippen molar-refractivity contribution in [1.82, 2.24) is 19.7 Å². The Morgan fingerprint density at radius 1 is 1.07 bits per heavy atom. The first-order valence-corrected chi connectivity index (χ1v) is 11.3. The van der Waals surface area contributed by atoms with E-state index in [1.54, 1.807) is 11.3 Å². The quantitative estimate of drug-likeness (QED) is 0.447. The highest BCUT2D eigenvalue weighted by molar-refractivity contribution is 7.16. The number of nitrogens with zero attached hydrogens (tertiary/aromatic N) is 4. The molecule has 6 heteroatoms. The van der Waals surface area contributed by atoms with Crippen LogP contribution in [0, 0.1) is 0 Å². The van der Waals surface area contributed by atoms with Crippen molar-refractivity contribution in [3.05, 3.63) is 69.6 Å². The van der Waals surface area contributed by atoms with E-state index in [0.717, 1.165) is 52.7 Å². The monoisotopic (exact) mass is 420 g/mol. The van der Waals surface area contributed by atoms with Gasteiger partial charge in [0.1, 0.15) is 0 Å². The van der Waals surface area contributed by atoms with Gasteiger partial charge < -0.3 is 0 Å². The third-order valence-electron chi connectivity index (χ3n) is 6.45. The Morgan fingerprint density at radius 2 is 1.97 bits per heavy atom. The lowest BCUT2D eigenvalue weighted by Crippen LogP contribution is -2.28. The smallest absolute Gasteiger partial charge is 0.0941 e. The normalized spacial score (nSPS) is 21.4. The molecule has 0 bridgehead atoms. The number of thiophene rings is 1. The van der Waals surface area contributed by atoms with Crippen molar-refractivity contribution in [2.45, 2.75) is 31.3 Å². The fourth-order valence-corrected chi connectivity index (χ4v) is 6.11. The SMILES string of the molecule is Clc1ccc(CN2CCC3(CCn4nc(-c5cnc6ccccc6c5)cc43)C2)s1. The largest absolute Gasteiger partial charge is 0.297 e. The van der Waals surface area contributed by atoms with Gasteiger partial charge in [0, 0.05) is 52.8 Å². The predicted molar refractivity (Wildman–Crippen MR) is 118 cm³/mol. The molecule has 1 saturated heterocycles. The number of halogens is 1.